The summed E-state index contributed by atoms with van der Waals surface area (Å²) in [6.07, 6.45) is -0.114. The number of para-hydroxylation sites is 1. The molecule has 44 heavy (non-hydrogen) atoms. The maximum absolute atomic E-state index is 13.3. The summed E-state index contributed by atoms with van der Waals surface area (Å²) in [7, 11) is 0. The number of H-pyrrole nitrogens is 1. The molecule has 7 rings (SSSR count). The number of carboxylic acids is 1. The second-order valence-corrected chi connectivity index (χ2v) is 11.8. The first kappa shape index (κ1) is 28.2. The Hall–Kier alpha value is -4.62. The van der Waals surface area contributed by atoms with Gasteiger partial charge in [-0.2, -0.15) is 13.2 Å². The highest BCUT2D eigenvalue weighted by Crippen LogP contribution is 2.43. The highest BCUT2D eigenvalue weighted by Gasteiger charge is 2.34. The quantitative estimate of drug-likeness (QED) is 0.207. The minimum Gasteiger partial charge on any atom is -0.481 e. The largest absolute Gasteiger partial charge is 0.481 e. The Balaban J connectivity index is 1.23. The van der Waals surface area contributed by atoms with Crippen LogP contribution in [0, 0.1) is 5.92 Å². The zero-order valence-corrected chi connectivity index (χ0v) is 23.9. The minimum atomic E-state index is -4.39. The summed E-state index contributed by atoms with van der Waals surface area (Å²) in [6, 6.07) is 30.1. The Morgan fingerprint density at radius 1 is 0.864 bits per heavy atom. The molecule has 2 heterocycles. The maximum Gasteiger partial charge on any atom is 0.416 e. The lowest BCUT2D eigenvalue weighted by Crippen LogP contribution is -2.39. The van der Waals surface area contributed by atoms with E-state index in [1.54, 1.807) is 12.1 Å². The first-order valence-electron chi connectivity index (χ1n) is 14.9. The molecule has 0 radical (unpaired) electrons. The van der Waals surface area contributed by atoms with Crippen LogP contribution < -0.4 is 0 Å². The van der Waals surface area contributed by atoms with Crippen molar-refractivity contribution in [1.29, 1.82) is 0 Å². The third-order valence-electron chi connectivity index (χ3n) is 9.06. The maximum atomic E-state index is 13.3. The number of aromatic nitrogens is 1. The fraction of sp³-hybridized carbons (Fsp3) is 0.216. The molecule has 4 aromatic carbocycles. The number of carboxylic acid groups (broad SMARTS) is 1. The molecule has 7 heteroatoms. The van der Waals surface area contributed by atoms with Crippen LogP contribution in [0.1, 0.15) is 41.1 Å². The summed E-state index contributed by atoms with van der Waals surface area (Å²) in [6.45, 7) is 1.47. The van der Waals surface area contributed by atoms with Crippen LogP contribution in [0.3, 0.4) is 0 Å². The molecule has 2 N–H and O–H groups in total. The van der Waals surface area contributed by atoms with Crippen LogP contribution in [0.4, 0.5) is 13.2 Å². The molecule has 1 unspecified atom stereocenters. The van der Waals surface area contributed by atoms with Crippen molar-refractivity contribution >= 4 is 22.9 Å². The predicted octanol–water partition coefficient (Wildman–Crippen LogP) is 9.00. The average molecular weight is 593 g/mol. The molecule has 0 amide bonds. The van der Waals surface area contributed by atoms with Gasteiger partial charge in [0.2, 0.25) is 0 Å². The van der Waals surface area contributed by atoms with E-state index in [0.29, 0.717) is 12.8 Å². The van der Waals surface area contributed by atoms with E-state index in [0.717, 1.165) is 70.5 Å². The number of nitrogens with zero attached hydrogens (tertiary/aromatic N) is 1. The normalized spacial score (nSPS) is 17.5. The van der Waals surface area contributed by atoms with Crippen LogP contribution in [-0.2, 0) is 17.4 Å². The number of halogens is 3. The number of aromatic amines is 1. The van der Waals surface area contributed by atoms with Crippen LogP contribution >= 0.6 is 0 Å². The van der Waals surface area contributed by atoms with Gasteiger partial charge in [-0.3, -0.25) is 9.69 Å². The number of hydrogen-bond acceptors (Lipinski definition) is 2. The van der Waals surface area contributed by atoms with Crippen molar-refractivity contribution in [1.82, 2.24) is 9.88 Å². The molecule has 1 atom stereocenters. The molecule has 2 aliphatic rings. The molecular weight excluding hydrogens is 561 g/mol. The lowest BCUT2D eigenvalue weighted by Gasteiger charge is -2.36. The third kappa shape index (κ3) is 5.22. The first-order valence-corrected chi connectivity index (χ1v) is 14.9. The molecule has 1 aliphatic carbocycles. The van der Waals surface area contributed by atoms with E-state index in [1.165, 1.54) is 16.7 Å². The number of likely N-dealkylation sites (tertiary alicyclic amines) is 1. The van der Waals surface area contributed by atoms with E-state index in [1.807, 2.05) is 42.5 Å². The van der Waals surface area contributed by atoms with Gasteiger partial charge in [0.25, 0.3) is 0 Å². The molecule has 1 fully saturated rings. The van der Waals surface area contributed by atoms with Gasteiger partial charge in [-0.05, 0) is 90.0 Å². The van der Waals surface area contributed by atoms with Crippen molar-refractivity contribution in [3.05, 3.63) is 125 Å². The highest BCUT2D eigenvalue weighted by atomic mass is 19.4. The Kier molecular flexibility index (Phi) is 7.13. The van der Waals surface area contributed by atoms with Crippen molar-refractivity contribution in [3.63, 3.8) is 0 Å². The molecule has 0 saturated carbocycles. The van der Waals surface area contributed by atoms with E-state index in [2.05, 4.69) is 46.3 Å². The van der Waals surface area contributed by atoms with Gasteiger partial charge in [-0.25, -0.2) is 0 Å². The van der Waals surface area contributed by atoms with Gasteiger partial charge in [-0.1, -0.05) is 78.9 Å². The molecule has 1 saturated heterocycles. The summed E-state index contributed by atoms with van der Waals surface area (Å²) in [5.41, 5.74) is 8.52. The van der Waals surface area contributed by atoms with Crippen molar-refractivity contribution in [2.75, 3.05) is 13.1 Å². The molecule has 222 valence electrons. The van der Waals surface area contributed by atoms with E-state index in [-0.39, 0.29) is 12.0 Å². The van der Waals surface area contributed by atoms with Crippen LogP contribution in [0.25, 0.3) is 39.4 Å². The summed E-state index contributed by atoms with van der Waals surface area (Å²) in [4.78, 5) is 17.5. The van der Waals surface area contributed by atoms with E-state index < -0.39 is 17.7 Å². The molecule has 0 bridgehead atoms. The number of aliphatic carboxylic acids is 1. The third-order valence-corrected chi connectivity index (χ3v) is 9.06. The number of piperidine rings is 1. The molecule has 1 aromatic heterocycles. The average Bonchev–Trinajstić information content (AvgIpc) is 3.59. The number of carbonyl (C=O) groups is 1. The number of alkyl halides is 3. The summed E-state index contributed by atoms with van der Waals surface area (Å²) in [5.74, 6) is -1.00. The van der Waals surface area contributed by atoms with Crippen LogP contribution in [0.5, 0.6) is 0 Å². The fourth-order valence-electron chi connectivity index (χ4n) is 6.91. The van der Waals surface area contributed by atoms with Gasteiger partial charge in [-0.15, -0.1) is 0 Å². The van der Waals surface area contributed by atoms with E-state index >= 15 is 0 Å². The zero-order chi connectivity index (χ0) is 30.4. The van der Waals surface area contributed by atoms with E-state index in [4.69, 9.17) is 0 Å². The van der Waals surface area contributed by atoms with Crippen LogP contribution in [0.2, 0.25) is 0 Å². The highest BCUT2D eigenvalue weighted by molar-refractivity contribution is 6.03. The fourth-order valence-corrected chi connectivity index (χ4v) is 6.91. The lowest BCUT2D eigenvalue weighted by atomic mass is 9.91. The lowest BCUT2D eigenvalue weighted by molar-refractivity contribution is -0.143. The van der Waals surface area contributed by atoms with Gasteiger partial charge >= 0.3 is 12.1 Å². The Morgan fingerprint density at radius 3 is 2.34 bits per heavy atom. The van der Waals surface area contributed by atoms with Crippen molar-refractivity contribution < 1.29 is 23.1 Å². The smallest absolute Gasteiger partial charge is 0.416 e. The van der Waals surface area contributed by atoms with Crippen LogP contribution in [0.15, 0.2) is 103 Å². The molecule has 0 spiro atoms. The second kappa shape index (κ2) is 11.1. The molecule has 5 aromatic rings. The Labute approximate surface area is 253 Å². The second-order valence-electron chi connectivity index (χ2n) is 11.8. The van der Waals surface area contributed by atoms with Crippen molar-refractivity contribution in [2.24, 2.45) is 5.92 Å². The number of hydrogen-bond donors (Lipinski definition) is 2. The van der Waals surface area contributed by atoms with Gasteiger partial charge in [0.15, 0.2) is 0 Å². The monoisotopic (exact) mass is 592 g/mol. The summed E-state index contributed by atoms with van der Waals surface area (Å²) in [5, 5.41) is 10.5. The number of nitrogens with one attached hydrogen (secondary N) is 1. The zero-order valence-electron chi connectivity index (χ0n) is 23.9. The number of benzene rings is 4. The van der Waals surface area contributed by atoms with Gasteiger partial charge < -0.3 is 10.1 Å². The standard InChI is InChI=1S/C37H31F3N2O2/c38-37(39,40)29-14-12-24(13-15-29)33-31-10-3-4-11-32(31)41-34(33)27-8-5-6-23(20-27)21-28-22-26-7-1-2-9-30(26)35(28)42-18-16-25(17-19-42)36(43)44/h1-15,20,22,25,35,41H,16-19,21H2,(H,43,44). The number of fused-ring (bicyclic) bond motifs is 2. The van der Waals surface area contributed by atoms with Gasteiger partial charge in [0.1, 0.15) is 0 Å². The van der Waals surface area contributed by atoms with Gasteiger partial charge in [0, 0.05) is 16.5 Å². The predicted molar refractivity (Wildman–Crippen MR) is 167 cm³/mol. The van der Waals surface area contributed by atoms with Crippen molar-refractivity contribution in [2.45, 2.75) is 31.5 Å². The molecule has 4 nitrogen and oxygen atoms in total. The van der Waals surface area contributed by atoms with Crippen molar-refractivity contribution in [3.8, 4) is 22.4 Å². The van der Waals surface area contributed by atoms with Gasteiger partial charge in [0.05, 0.1) is 23.2 Å². The topological polar surface area (TPSA) is 56.3 Å². The first-order chi connectivity index (χ1) is 21.3. The Bertz CT molecular complexity index is 1880. The molecular formula is C37H31F3N2O2. The number of rotatable bonds is 6. The summed E-state index contributed by atoms with van der Waals surface area (Å²) >= 11 is 0. The Morgan fingerprint density at radius 2 is 1.59 bits per heavy atom. The molecule has 1 aliphatic heterocycles. The SMILES string of the molecule is O=C(O)C1CCN(C2C(Cc3cccc(-c4[nH]c5ccccc5c4-c4ccc(C(F)(F)F)cc4)c3)=Cc3ccccc32)CC1. The van der Waals surface area contributed by atoms with E-state index in [9.17, 15) is 23.1 Å². The van der Waals surface area contributed by atoms with Crippen LogP contribution in [-0.4, -0.2) is 34.0 Å². The summed E-state index contributed by atoms with van der Waals surface area (Å²) < 4.78 is 39.9. The minimum absolute atomic E-state index is 0.0976.